The van der Waals surface area contributed by atoms with Crippen LogP contribution in [0.5, 0.6) is 0 Å². The van der Waals surface area contributed by atoms with Gasteiger partial charge in [-0.3, -0.25) is 24.2 Å². The number of carbonyl (C=O) groups excluding carboxylic acids is 3. The average molecular weight is 324 g/mol. The number of esters is 1. The molecule has 3 atom stereocenters. The molecule has 0 unspecified atom stereocenters. The van der Waals surface area contributed by atoms with Gasteiger partial charge in [-0.15, -0.1) is 11.8 Å². The third-order valence-electron chi connectivity index (χ3n) is 4.55. The number of fused-ring (bicyclic) bond motifs is 1. The van der Waals surface area contributed by atoms with Crippen LogP contribution >= 0.6 is 11.8 Å². The minimum atomic E-state index is -0.244. The molecule has 0 saturated carbocycles. The van der Waals surface area contributed by atoms with E-state index in [4.69, 9.17) is 4.74 Å². The minimum Gasteiger partial charge on any atom is -0.468 e. The first kappa shape index (κ1) is 15.6. The van der Waals surface area contributed by atoms with E-state index in [1.54, 1.807) is 11.8 Å². The lowest BCUT2D eigenvalue weighted by Gasteiger charge is -2.33. The first-order valence-corrected chi connectivity index (χ1v) is 8.58. The molecule has 0 N–H and O–H groups in total. The summed E-state index contributed by atoms with van der Waals surface area (Å²) in [5.41, 5.74) is 0. The van der Waals surface area contributed by atoms with Gasteiger partial charge in [0.15, 0.2) is 0 Å². The Kier molecular flexibility index (Phi) is 4.54. The number of hydrogen-bond donors (Lipinski definition) is 0. The molecule has 2 amide bonds. The Morgan fingerprint density at radius 1 is 1.27 bits per heavy atom. The number of thioether (sulfide) groups is 1. The number of imide groups is 1. The third-order valence-corrected chi connectivity index (χ3v) is 5.72. The lowest BCUT2D eigenvalue weighted by atomic mass is 9.85. The zero-order valence-corrected chi connectivity index (χ0v) is 13.4. The van der Waals surface area contributed by atoms with Gasteiger partial charge in [0.25, 0.3) is 0 Å². The van der Waals surface area contributed by atoms with Crippen LogP contribution in [0.1, 0.15) is 12.8 Å². The van der Waals surface area contributed by atoms with Gasteiger partial charge in [-0.05, 0) is 12.8 Å². The molecule has 0 spiro atoms. The highest BCUT2D eigenvalue weighted by atomic mass is 32.2. The van der Waals surface area contributed by atoms with Crippen molar-refractivity contribution in [2.45, 2.75) is 18.1 Å². The number of rotatable bonds is 3. The summed E-state index contributed by atoms with van der Waals surface area (Å²) in [5, 5.41) is -0.240. The molecular formula is C15H20N2O4S. The van der Waals surface area contributed by atoms with Crippen LogP contribution in [-0.4, -0.2) is 65.5 Å². The average Bonchev–Trinajstić information content (AvgIpc) is 2.80. The molecule has 2 heterocycles. The van der Waals surface area contributed by atoms with Crippen LogP contribution in [0.2, 0.25) is 0 Å². The van der Waals surface area contributed by atoms with Crippen LogP contribution in [-0.2, 0) is 19.1 Å². The highest BCUT2D eigenvalue weighted by molar-refractivity contribution is 8.00. The van der Waals surface area contributed by atoms with E-state index in [1.807, 2.05) is 17.1 Å². The number of methoxy groups -OCH3 is 1. The highest BCUT2D eigenvalue weighted by Crippen LogP contribution is 2.35. The van der Waals surface area contributed by atoms with Crippen molar-refractivity contribution in [2.75, 3.05) is 32.6 Å². The fourth-order valence-corrected chi connectivity index (χ4v) is 4.51. The normalized spacial score (nSPS) is 32.2. The molecule has 22 heavy (non-hydrogen) atoms. The van der Waals surface area contributed by atoms with Crippen molar-refractivity contribution in [3.63, 3.8) is 0 Å². The number of hydrogen-bond acceptors (Lipinski definition) is 6. The first-order valence-electron chi connectivity index (χ1n) is 7.54. The predicted octanol–water partition coefficient (Wildman–Crippen LogP) is 0.485. The number of amides is 2. The smallest absolute Gasteiger partial charge is 0.320 e. The maximum Gasteiger partial charge on any atom is 0.320 e. The van der Waals surface area contributed by atoms with Crippen LogP contribution in [0.15, 0.2) is 12.2 Å². The van der Waals surface area contributed by atoms with Crippen molar-refractivity contribution in [3.8, 4) is 0 Å². The van der Waals surface area contributed by atoms with Gasteiger partial charge in [0.05, 0.1) is 25.6 Å². The van der Waals surface area contributed by atoms with Gasteiger partial charge in [-0.2, -0.15) is 0 Å². The van der Waals surface area contributed by atoms with Crippen molar-refractivity contribution in [3.05, 3.63) is 12.2 Å². The SMILES string of the molecule is COC(=O)[C@H]1CN(CN2C(=O)[C@H]3CC=CC[C@H]3C2=O)CCS1. The van der Waals surface area contributed by atoms with Gasteiger partial charge in [0, 0.05) is 18.8 Å². The van der Waals surface area contributed by atoms with Gasteiger partial charge in [-0.25, -0.2) is 0 Å². The van der Waals surface area contributed by atoms with E-state index in [9.17, 15) is 14.4 Å². The summed E-state index contributed by atoms with van der Waals surface area (Å²) in [4.78, 5) is 39.9. The molecule has 7 heteroatoms. The second-order valence-electron chi connectivity index (χ2n) is 5.86. The van der Waals surface area contributed by atoms with Crippen LogP contribution in [0.4, 0.5) is 0 Å². The van der Waals surface area contributed by atoms with Gasteiger partial charge >= 0.3 is 5.97 Å². The molecule has 0 radical (unpaired) electrons. The molecule has 120 valence electrons. The maximum atomic E-state index is 12.4. The summed E-state index contributed by atoms with van der Waals surface area (Å²) in [6, 6.07) is 0. The van der Waals surface area contributed by atoms with Gasteiger partial charge in [-0.1, -0.05) is 12.2 Å². The second-order valence-corrected chi connectivity index (χ2v) is 7.17. The molecule has 0 bridgehead atoms. The van der Waals surface area contributed by atoms with Crippen LogP contribution in [0.25, 0.3) is 0 Å². The van der Waals surface area contributed by atoms with Crippen LogP contribution in [0.3, 0.4) is 0 Å². The molecule has 2 fully saturated rings. The summed E-state index contributed by atoms with van der Waals surface area (Å²) < 4.78 is 4.79. The Morgan fingerprint density at radius 3 is 2.50 bits per heavy atom. The molecule has 0 aromatic heterocycles. The Morgan fingerprint density at radius 2 is 1.91 bits per heavy atom. The molecule has 6 nitrogen and oxygen atoms in total. The van der Waals surface area contributed by atoms with E-state index < -0.39 is 0 Å². The molecule has 0 aromatic rings. The van der Waals surface area contributed by atoms with Crippen molar-refractivity contribution >= 4 is 29.5 Å². The monoisotopic (exact) mass is 324 g/mol. The summed E-state index contributed by atoms with van der Waals surface area (Å²) in [7, 11) is 1.38. The van der Waals surface area contributed by atoms with Crippen molar-refractivity contribution in [1.82, 2.24) is 9.80 Å². The minimum absolute atomic E-state index is 0.0628. The summed E-state index contributed by atoms with van der Waals surface area (Å²) in [5.74, 6) is 0.0527. The Labute approximate surface area is 133 Å². The number of allylic oxidation sites excluding steroid dienone is 2. The van der Waals surface area contributed by atoms with Crippen molar-refractivity contribution in [1.29, 1.82) is 0 Å². The molecule has 1 aliphatic carbocycles. The summed E-state index contributed by atoms with van der Waals surface area (Å²) in [6.07, 6.45) is 5.29. The summed E-state index contributed by atoms with van der Waals surface area (Å²) in [6.45, 7) is 1.57. The molecular weight excluding hydrogens is 304 g/mol. The number of likely N-dealkylation sites (tertiary alicyclic amines) is 1. The van der Waals surface area contributed by atoms with Gasteiger partial charge in [0.2, 0.25) is 11.8 Å². The van der Waals surface area contributed by atoms with Gasteiger partial charge in [0.1, 0.15) is 5.25 Å². The molecule has 2 aliphatic heterocycles. The molecule has 3 rings (SSSR count). The van der Waals surface area contributed by atoms with E-state index >= 15 is 0 Å². The fourth-order valence-electron chi connectivity index (χ4n) is 3.31. The molecule has 2 saturated heterocycles. The highest BCUT2D eigenvalue weighted by Gasteiger charge is 2.47. The maximum absolute atomic E-state index is 12.4. The lowest BCUT2D eigenvalue weighted by Crippen LogP contribution is -2.48. The first-order chi connectivity index (χ1) is 10.6. The zero-order chi connectivity index (χ0) is 15.7. The standard InChI is InChI=1S/C15H20N2O4S/c1-21-15(20)12-8-16(6-7-22-12)9-17-13(18)10-4-2-3-5-11(10)14(17)19/h2-3,10-12H,4-9H2,1H3/t10-,11+,12-/m1/s1. The zero-order valence-electron chi connectivity index (χ0n) is 12.6. The van der Waals surface area contributed by atoms with Crippen molar-refractivity contribution < 1.29 is 19.1 Å². The predicted molar refractivity (Wildman–Crippen MR) is 81.9 cm³/mol. The van der Waals surface area contributed by atoms with E-state index in [0.717, 1.165) is 12.3 Å². The molecule has 3 aliphatic rings. The second kappa shape index (κ2) is 6.42. The quantitative estimate of drug-likeness (QED) is 0.427. The summed E-state index contributed by atoms with van der Waals surface area (Å²) >= 11 is 1.56. The van der Waals surface area contributed by atoms with Crippen molar-refractivity contribution in [2.24, 2.45) is 11.8 Å². The van der Waals surface area contributed by atoms with E-state index in [-0.39, 0.29) is 34.9 Å². The van der Waals surface area contributed by atoms with E-state index in [0.29, 0.717) is 26.1 Å². The van der Waals surface area contributed by atoms with Gasteiger partial charge < -0.3 is 4.74 Å². The number of ether oxygens (including phenoxy) is 1. The Balaban J connectivity index is 1.64. The Bertz CT molecular complexity index is 496. The topological polar surface area (TPSA) is 66.9 Å². The van der Waals surface area contributed by atoms with E-state index in [1.165, 1.54) is 12.0 Å². The number of nitrogens with zero attached hydrogens (tertiary/aromatic N) is 2. The lowest BCUT2D eigenvalue weighted by molar-refractivity contribution is -0.142. The van der Waals surface area contributed by atoms with E-state index in [2.05, 4.69) is 0 Å². The fraction of sp³-hybridized carbons (Fsp3) is 0.667. The molecule has 0 aromatic carbocycles. The number of carbonyl (C=O) groups is 3. The van der Waals surface area contributed by atoms with Crippen LogP contribution < -0.4 is 0 Å². The largest absolute Gasteiger partial charge is 0.468 e. The third kappa shape index (κ3) is 2.79. The Hall–Kier alpha value is -1.34. The van der Waals surface area contributed by atoms with Crippen LogP contribution in [0, 0.1) is 11.8 Å².